The molecule has 3 heterocycles. The molecule has 0 bridgehead atoms. The summed E-state index contributed by atoms with van der Waals surface area (Å²) < 4.78 is 40.3. The van der Waals surface area contributed by atoms with Crippen molar-refractivity contribution in [3.05, 3.63) is 58.6 Å². The van der Waals surface area contributed by atoms with Crippen LogP contribution in [0.15, 0.2) is 52.3 Å². The van der Waals surface area contributed by atoms with Crippen molar-refractivity contribution < 1.29 is 17.9 Å². The number of ether oxygens (including phenoxy) is 2. The van der Waals surface area contributed by atoms with E-state index in [9.17, 15) is 13.2 Å². The van der Waals surface area contributed by atoms with Crippen LogP contribution in [0.1, 0.15) is 5.56 Å². The minimum atomic E-state index is -3.77. The van der Waals surface area contributed by atoms with Crippen LogP contribution >= 0.6 is 0 Å². The Morgan fingerprint density at radius 1 is 1.14 bits per heavy atom. The molecule has 1 aliphatic heterocycles. The Hall–Kier alpha value is -2.69. The van der Waals surface area contributed by atoms with E-state index < -0.39 is 15.7 Å². The number of hydrogen-bond donors (Lipinski definition) is 0. The Morgan fingerprint density at radius 2 is 1.86 bits per heavy atom. The zero-order valence-corrected chi connectivity index (χ0v) is 16.1. The molecule has 1 fully saturated rings. The van der Waals surface area contributed by atoms with E-state index in [-0.39, 0.29) is 30.2 Å². The molecule has 0 N–H and O–H groups in total. The molecule has 3 aromatic rings. The second-order valence-corrected chi connectivity index (χ2v) is 8.28. The van der Waals surface area contributed by atoms with Crippen LogP contribution in [0.5, 0.6) is 5.75 Å². The molecule has 148 valence electrons. The number of benzene rings is 1. The summed E-state index contributed by atoms with van der Waals surface area (Å²) in [5.74, 6) is 0.713. The van der Waals surface area contributed by atoms with Gasteiger partial charge in [0.2, 0.25) is 10.0 Å². The average molecular weight is 404 g/mol. The monoisotopic (exact) mass is 404 g/mol. The van der Waals surface area contributed by atoms with Gasteiger partial charge in [-0.15, -0.1) is 5.10 Å². The largest absolute Gasteiger partial charge is 0.497 e. The predicted molar refractivity (Wildman–Crippen MR) is 101 cm³/mol. The molecule has 0 saturated carbocycles. The lowest BCUT2D eigenvalue weighted by Crippen LogP contribution is -2.40. The summed E-state index contributed by atoms with van der Waals surface area (Å²) in [5.41, 5.74) is 0.571. The third-order valence-electron chi connectivity index (χ3n) is 4.65. The number of hydrogen-bond acceptors (Lipinski definition) is 6. The molecule has 0 spiro atoms. The van der Waals surface area contributed by atoms with Gasteiger partial charge in [0.05, 0.1) is 26.9 Å². The van der Waals surface area contributed by atoms with Crippen molar-refractivity contribution in [1.29, 1.82) is 0 Å². The molecule has 1 aromatic carbocycles. The van der Waals surface area contributed by atoms with Crippen molar-refractivity contribution in [3.8, 4) is 5.75 Å². The Kier molecular flexibility index (Phi) is 4.92. The third kappa shape index (κ3) is 3.30. The van der Waals surface area contributed by atoms with E-state index in [1.807, 2.05) is 12.1 Å². The van der Waals surface area contributed by atoms with Gasteiger partial charge in [0, 0.05) is 19.3 Å². The Morgan fingerprint density at radius 3 is 2.54 bits per heavy atom. The first kappa shape index (κ1) is 18.7. The Bertz CT molecular complexity index is 1140. The summed E-state index contributed by atoms with van der Waals surface area (Å²) in [5, 5.41) is 4.31. The molecule has 0 unspecified atom stereocenters. The highest BCUT2D eigenvalue weighted by Gasteiger charge is 2.29. The number of morpholine rings is 1. The SMILES string of the molecule is COc1ccc(Cn2nc3c(S(=O)(=O)N4CCOCC4)cccn3c2=O)cc1. The zero-order chi connectivity index (χ0) is 19.7. The molecule has 28 heavy (non-hydrogen) atoms. The van der Waals surface area contributed by atoms with Gasteiger partial charge in [-0.05, 0) is 29.8 Å². The van der Waals surface area contributed by atoms with E-state index in [0.717, 1.165) is 5.56 Å². The number of rotatable bonds is 5. The summed E-state index contributed by atoms with van der Waals surface area (Å²) in [7, 11) is -2.19. The van der Waals surface area contributed by atoms with Gasteiger partial charge in [-0.25, -0.2) is 22.3 Å². The highest BCUT2D eigenvalue weighted by Crippen LogP contribution is 2.20. The second-order valence-electron chi connectivity index (χ2n) is 6.37. The lowest BCUT2D eigenvalue weighted by Gasteiger charge is -2.25. The standard InChI is InChI=1S/C18H20N4O5S/c1-26-15-6-4-14(5-7-15)13-22-18(23)21-8-2-3-16(17(21)19-22)28(24,25)20-9-11-27-12-10-20/h2-8H,9-13H2,1H3. The van der Waals surface area contributed by atoms with Crippen molar-refractivity contribution in [1.82, 2.24) is 18.5 Å². The maximum Gasteiger partial charge on any atom is 0.350 e. The fourth-order valence-corrected chi connectivity index (χ4v) is 4.68. The van der Waals surface area contributed by atoms with Crippen molar-refractivity contribution in [3.63, 3.8) is 0 Å². The van der Waals surface area contributed by atoms with Gasteiger partial charge >= 0.3 is 5.69 Å². The van der Waals surface area contributed by atoms with Gasteiger partial charge in [0.15, 0.2) is 5.65 Å². The molecule has 0 aliphatic carbocycles. The summed E-state index contributed by atoms with van der Waals surface area (Å²) in [6.45, 7) is 1.48. The lowest BCUT2D eigenvalue weighted by atomic mass is 10.2. The first-order valence-electron chi connectivity index (χ1n) is 8.80. The fraction of sp³-hybridized carbons (Fsp3) is 0.333. The van der Waals surface area contributed by atoms with Crippen molar-refractivity contribution in [2.24, 2.45) is 0 Å². The maximum absolute atomic E-state index is 13.0. The second kappa shape index (κ2) is 7.38. The van der Waals surface area contributed by atoms with Crippen LogP contribution in [-0.2, 0) is 21.3 Å². The molecule has 2 aromatic heterocycles. The topological polar surface area (TPSA) is 95.1 Å². The smallest absolute Gasteiger partial charge is 0.350 e. The van der Waals surface area contributed by atoms with Gasteiger partial charge in [-0.2, -0.15) is 4.31 Å². The van der Waals surface area contributed by atoms with Crippen LogP contribution in [0.25, 0.3) is 5.65 Å². The van der Waals surface area contributed by atoms with E-state index in [1.54, 1.807) is 25.3 Å². The predicted octanol–water partition coefficient (Wildman–Crippen LogP) is 0.574. The molecule has 0 radical (unpaired) electrons. The Balaban J connectivity index is 1.74. The zero-order valence-electron chi connectivity index (χ0n) is 15.3. The van der Waals surface area contributed by atoms with Gasteiger partial charge in [-0.1, -0.05) is 12.1 Å². The fourth-order valence-electron chi connectivity index (χ4n) is 3.15. The highest BCUT2D eigenvalue weighted by atomic mass is 32.2. The molecular weight excluding hydrogens is 384 g/mol. The molecule has 1 saturated heterocycles. The molecule has 10 heteroatoms. The minimum Gasteiger partial charge on any atom is -0.497 e. The number of fused-ring (bicyclic) bond motifs is 1. The average Bonchev–Trinajstić information content (AvgIpc) is 3.04. The van der Waals surface area contributed by atoms with Crippen LogP contribution in [-0.4, -0.2) is 60.3 Å². The normalized spacial score (nSPS) is 15.8. The van der Waals surface area contributed by atoms with Crippen LogP contribution in [0.4, 0.5) is 0 Å². The molecule has 9 nitrogen and oxygen atoms in total. The quantitative estimate of drug-likeness (QED) is 0.617. The maximum atomic E-state index is 13.0. The summed E-state index contributed by atoms with van der Waals surface area (Å²) in [6, 6.07) is 10.3. The highest BCUT2D eigenvalue weighted by molar-refractivity contribution is 7.89. The van der Waals surface area contributed by atoms with Gasteiger partial charge in [0.1, 0.15) is 10.6 Å². The van der Waals surface area contributed by atoms with Crippen LogP contribution in [0.2, 0.25) is 0 Å². The summed E-state index contributed by atoms with van der Waals surface area (Å²) >= 11 is 0. The number of methoxy groups -OCH3 is 1. The number of nitrogens with zero attached hydrogens (tertiary/aromatic N) is 4. The number of pyridine rings is 1. The van der Waals surface area contributed by atoms with E-state index in [1.165, 1.54) is 25.7 Å². The van der Waals surface area contributed by atoms with E-state index >= 15 is 0 Å². The van der Waals surface area contributed by atoms with Gasteiger partial charge < -0.3 is 9.47 Å². The first-order valence-corrected chi connectivity index (χ1v) is 10.2. The van der Waals surface area contributed by atoms with E-state index in [2.05, 4.69) is 5.10 Å². The van der Waals surface area contributed by atoms with Gasteiger partial charge in [-0.3, -0.25) is 0 Å². The molecule has 1 aliphatic rings. The molecule has 0 atom stereocenters. The van der Waals surface area contributed by atoms with Crippen LogP contribution in [0.3, 0.4) is 0 Å². The minimum absolute atomic E-state index is 0.0162. The molecule has 0 amide bonds. The summed E-state index contributed by atoms with van der Waals surface area (Å²) in [4.78, 5) is 12.7. The lowest BCUT2D eigenvalue weighted by molar-refractivity contribution is 0.0730. The van der Waals surface area contributed by atoms with E-state index in [0.29, 0.717) is 19.0 Å². The first-order chi connectivity index (χ1) is 13.5. The van der Waals surface area contributed by atoms with Crippen LogP contribution in [0, 0.1) is 0 Å². The summed E-state index contributed by atoms with van der Waals surface area (Å²) in [6.07, 6.45) is 1.52. The number of aromatic nitrogens is 3. The molecular formula is C18H20N4O5S. The number of sulfonamides is 1. The van der Waals surface area contributed by atoms with Crippen LogP contribution < -0.4 is 10.4 Å². The van der Waals surface area contributed by atoms with Crippen molar-refractivity contribution >= 4 is 15.7 Å². The van der Waals surface area contributed by atoms with Crippen molar-refractivity contribution in [2.45, 2.75) is 11.4 Å². The van der Waals surface area contributed by atoms with Crippen molar-refractivity contribution in [2.75, 3.05) is 33.4 Å². The van der Waals surface area contributed by atoms with Gasteiger partial charge in [0.25, 0.3) is 0 Å². The third-order valence-corrected chi connectivity index (χ3v) is 6.57. The Labute approximate surface area is 161 Å². The van der Waals surface area contributed by atoms with E-state index in [4.69, 9.17) is 9.47 Å². The molecule has 4 rings (SSSR count).